The molecule has 0 fully saturated rings. The summed E-state index contributed by atoms with van der Waals surface area (Å²) in [6.45, 7) is 2.50. The minimum absolute atomic E-state index is 0.0577. The molecule has 0 aromatic heterocycles. The molecule has 0 aliphatic carbocycles. The van der Waals surface area contributed by atoms with E-state index in [9.17, 15) is 9.90 Å². The van der Waals surface area contributed by atoms with Crippen molar-refractivity contribution >= 4 is 5.78 Å². The van der Waals surface area contributed by atoms with Crippen LogP contribution in [0.3, 0.4) is 0 Å². The van der Waals surface area contributed by atoms with Gasteiger partial charge >= 0.3 is 0 Å². The third-order valence-corrected chi connectivity index (χ3v) is 1.91. The molecule has 0 spiro atoms. The van der Waals surface area contributed by atoms with Crippen molar-refractivity contribution < 1.29 is 30.3 Å². The van der Waals surface area contributed by atoms with Crippen LogP contribution in [-0.4, -0.2) is 62.3 Å². The average Bonchev–Trinajstić information content (AvgIpc) is 2.25. The summed E-state index contributed by atoms with van der Waals surface area (Å²) < 4.78 is 0. The highest BCUT2D eigenvalue weighted by molar-refractivity contribution is 5.87. The van der Waals surface area contributed by atoms with Crippen LogP contribution >= 0.6 is 0 Å². The maximum atomic E-state index is 11.2. The summed E-state index contributed by atoms with van der Waals surface area (Å²) in [5.41, 5.74) is 0. The number of aliphatic hydroxyl groups is 5. The molecule has 6 nitrogen and oxygen atoms in total. The van der Waals surface area contributed by atoms with Gasteiger partial charge in [0.2, 0.25) is 0 Å². The summed E-state index contributed by atoms with van der Waals surface area (Å²) in [6, 6.07) is 0. The zero-order valence-corrected chi connectivity index (χ0v) is 8.15. The first kappa shape index (κ1) is 14.2. The largest absolute Gasteiger partial charge is 0.394 e. The Morgan fingerprint density at radius 1 is 1.27 bits per heavy atom. The Bertz CT molecular complexity index is 217. The van der Waals surface area contributed by atoms with Crippen LogP contribution in [0.2, 0.25) is 0 Å². The predicted octanol–water partition coefficient (Wildman–Crippen LogP) is -2.43. The van der Waals surface area contributed by atoms with Gasteiger partial charge < -0.3 is 25.5 Å². The van der Waals surface area contributed by atoms with E-state index in [-0.39, 0.29) is 6.42 Å². The molecule has 0 saturated carbocycles. The van der Waals surface area contributed by atoms with Crippen molar-refractivity contribution in [2.24, 2.45) is 0 Å². The molecule has 0 bridgehead atoms. The monoisotopic (exact) mass is 220 g/mol. The Morgan fingerprint density at radius 3 is 2.20 bits per heavy atom. The van der Waals surface area contributed by atoms with E-state index in [1.165, 1.54) is 6.08 Å². The highest BCUT2D eigenvalue weighted by Gasteiger charge is 2.32. The molecular formula is C9H16O6. The first-order valence-corrected chi connectivity index (χ1v) is 4.43. The zero-order chi connectivity index (χ0) is 12.0. The SMILES string of the molecule is C=CCC(O)C(=O)[C@@H](O)[C@@H](O)[C@H](O)CO. The lowest BCUT2D eigenvalue weighted by molar-refractivity contribution is -0.148. The molecule has 88 valence electrons. The Morgan fingerprint density at radius 2 is 1.80 bits per heavy atom. The summed E-state index contributed by atoms with van der Waals surface area (Å²) in [4.78, 5) is 11.2. The van der Waals surface area contributed by atoms with Gasteiger partial charge in [0.1, 0.15) is 24.4 Å². The number of carbonyl (C=O) groups is 1. The highest BCUT2D eigenvalue weighted by Crippen LogP contribution is 2.06. The van der Waals surface area contributed by atoms with Crippen molar-refractivity contribution in [3.05, 3.63) is 12.7 Å². The molecule has 0 aromatic carbocycles. The highest BCUT2D eigenvalue weighted by atomic mass is 16.4. The first-order chi connectivity index (χ1) is 6.95. The second-order valence-corrected chi connectivity index (χ2v) is 3.13. The minimum atomic E-state index is -1.93. The van der Waals surface area contributed by atoms with Gasteiger partial charge in [0.05, 0.1) is 6.61 Å². The van der Waals surface area contributed by atoms with E-state index < -0.39 is 36.8 Å². The lowest BCUT2D eigenvalue weighted by atomic mass is 9.99. The van der Waals surface area contributed by atoms with E-state index in [1.807, 2.05) is 0 Å². The molecule has 4 atom stereocenters. The van der Waals surface area contributed by atoms with Crippen LogP contribution < -0.4 is 0 Å². The van der Waals surface area contributed by atoms with Crippen LogP contribution in [0.4, 0.5) is 0 Å². The smallest absolute Gasteiger partial charge is 0.192 e. The van der Waals surface area contributed by atoms with Gasteiger partial charge in [-0.15, -0.1) is 6.58 Å². The lowest BCUT2D eigenvalue weighted by Crippen LogP contribution is -2.47. The molecule has 0 aromatic rings. The maximum Gasteiger partial charge on any atom is 0.192 e. The normalized spacial score (nSPS) is 19.0. The van der Waals surface area contributed by atoms with Crippen molar-refractivity contribution in [1.29, 1.82) is 0 Å². The van der Waals surface area contributed by atoms with Gasteiger partial charge in [0.25, 0.3) is 0 Å². The van der Waals surface area contributed by atoms with Gasteiger partial charge in [-0.25, -0.2) is 0 Å². The van der Waals surface area contributed by atoms with Crippen LogP contribution in [0.15, 0.2) is 12.7 Å². The predicted molar refractivity (Wildman–Crippen MR) is 50.9 cm³/mol. The number of rotatable bonds is 7. The molecule has 0 aliphatic heterocycles. The van der Waals surface area contributed by atoms with Crippen LogP contribution in [-0.2, 0) is 4.79 Å². The Labute approximate surface area is 87.1 Å². The number of Topliss-reactive ketones (excluding diaryl/α,β-unsaturated/α-hetero) is 1. The summed E-state index contributed by atoms with van der Waals surface area (Å²) in [5.74, 6) is -1.02. The number of hydrogen-bond donors (Lipinski definition) is 5. The van der Waals surface area contributed by atoms with Crippen LogP contribution in [0.1, 0.15) is 6.42 Å². The van der Waals surface area contributed by atoms with E-state index in [4.69, 9.17) is 20.4 Å². The third-order valence-electron chi connectivity index (χ3n) is 1.91. The fourth-order valence-electron chi connectivity index (χ4n) is 0.958. The van der Waals surface area contributed by atoms with Gasteiger partial charge in [-0.1, -0.05) is 6.08 Å². The molecule has 0 amide bonds. The van der Waals surface area contributed by atoms with E-state index >= 15 is 0 Å². The maximum absolute atomic E-state index is 11.2. The summed E-state index contributed by atoms with van der Waals surface area (Å²) in [5, 5.41) is 44.9. The summed E-state index contributed by atoms with van der Waals surface area (Å²) >= 11 is 0. The number of carbonyl (C=O) groups excluding carboxylic acids is 1. The Balaban J connectivity index is 4.36. The Hall–Kier alpha value is -0.790. The van der Waals surface area contributed by atoms with Gasteiger partial charge in [0, 0.05) is 0 Å². The topological polar surface area (TPSA) is 118 Å². The van der Waals surface area contributed by atoms with E-state index in [2.05, 4.69) is 6.58 Å². The van der Waals surface area contributed by atoms with Gasteiger partial charge in [0.15, 0.2) is 5.78 Å². The molecule has 0 aliphatic rings. The zero-order valence-electron chi connectivity index (χ0n) is 8.15. The van der Waals surface area contributed by atoms with Crippen molar-refractivity contribution in [2.45, 2.75) is 30.8 Å². The molecule has 1 unspecified atom stereocenters. The number of aliphatic hydroxyl groups excluding tert-OH is 5. The molecule has 5 N–H and O–H groups in total. The third kappa shape index (κ3) is 4.06. The van der Waals surface area contributed by atoms with Gasteiger partial charge in [-0.05, 0) is 6.42 Å². The molecule has 0 rings (SSSR count). The molecular weight excluding hydrogens is 204 g/mol. The average molecular weight is 220 g/mol. The summed E-state index contributed by atoms with van der Waals surface area (Å²) in [7, 11) is 0. The molecule has 15 heavy (non-hydrogen) atoms. The summed E-state index contributed by atoms with van der Waals surface area (Å²) in [6.07, 6.45) is -5.62. The van der Waals surface area contributed by atoms with E-state index in [0.29, 0.717) is 0 Å². The molecule has 0 radical (unpaired) electrons. The van der Waals surface area contributed by atoms with Crippen LogP contribution in [0, 0.1) is 0 Å². The van der Waals surface area contributed by atoms with E-state index in [1.54, 1.807) is 0 Å². The minimum Gasteiger partial charge on any atom is -0.394 e. The van der Waals surface area contributed by atoms with Crippen molar-refractivity contribution in [3.63, 3.8) is 0 Å². The fourth-order valence-corrected chi connectivity index (χ4v) is 0.958. The number of ketones is 1. The van der Waals surface area contributed by atoms with Crippen LogP contribution in [0.25, 0.3) is 0 Å². The van der Waals surface area contributed by atoms with E-state index in [0.717, 1.165) is 0 Å². The molecule has 6 heteroatoms. The number of hydrogen-bond acceptors (Lipinski definition) is 6. The first-order valence-electron chi connectivity index (χ1n) is 4.43. The molecule has 0 heterocycles. The fraction of sp³-hybridized carbons (Fsp3) is 0.667. The lowest BCUT2D eigenvalue weighted by Gasteiger charge is -2.21. The van der Waals surface area contributed by atoms with Crippen LogP contribution in [0.5, 0.6) is 0 Å². The van der Waals surface area contributed by atoms with Gasteiger partial charge in [-0.2, -0.15) is 0 Å². The quantitative estimate of drug-likeness (QED) is 0.304. The van der Waals surface area contributed by atoms with Gasteiger partial charge in [-0.3, -0.25) is 4.79 Å². The second kappa shape index (κ2) is 6.65. The van der Waals surface area contributed by atoms with Crippen molar-refractivity contribution in [2.75, 3.05) is 6.61 Å². The van der Waals surface area contributed by atoms with Crippen molar-refractivity contribution in [1.82, 2.24) is 0 Å². The standard InChI is InChI=1S/C9H16O6/c1-2-3-5(11)7(13)9(15)8(14)6(12)4-10/h2,5-6,8-12,14-15H,1,3-4H2/t5?,6-,8+,9-/m1/s1. The molecule has 0 saturated heterocycles. The Kier molecular flexibility index (Phi) is 6.30. The second-order valence-electron chi connectivity index (χ2n) is 3.13. The van der Waals surface area contributed by atoms with Crippen molar-refractivity contribution in [3.8, 4) is 0 Å².